The average Bonchev–Trinajstić information content (AvgIpc) is 2.28. The largest absolute Gasteiger partial charge is 0.398 e. The van der Waals surface area contributed by atoms with E-state index in [2.05, 4.69) is 18.5 Å². The zero-order chi connectivity index (χ0) is 12.8. The number of halogens is 1. The Hall–Kier alpha value is -0.870. The zero-order valence-electron chi connectivity index (χ0n) is 10.00. The van der Waals surface area contributed by atoms with Crippen molar-refractivity contribution in [3.8, 4) is 0 Å². The van der Waals surface area contributed by atoms with E-state index < -0.39 is 0 Å². The molecule has 0 bridgehead atoms. The quantitative estimate of drug-likeness (QED) is 0.811. The van der Waals surface area contributed by atoms with Crippen LogP contribution in [0.5, 0.6) is 0 Å². The molecule has 1 atom stereocenters. The summed E-state index contributed by atoms with van der Waals surface area (Å²) < 4.78 is 0. The number of hydrogen-bond acceptors (Lipinski definition) is 3. The molecule has 17 heavy (non-hydrogen) atoms. The average molecular weight is 273 g/mol. The summed E-state index contributed by atoms with van der Waals surface area (Å²) in [7, 11) is 0. The maximum atomic E-state index is 11.9. The van der Waals surface area contributed by atoms with Crippen molar-refractivity contribution in [2.45, 2.75) is 18.6 Å². The van der Waals surface area contributed by atoms with Crippen LogP contribution in [0.15, 0.2) is 18.2 Å². The maximum Gasteiger partial charge on any atom is 0.254 e. The number of nitrogen functional groups attached to an aromatic ring is 1. The van der Waals surface area contributed by atoms with Crippen molar-refractivity contribution in [1.82, 2.24) is 5.32 Å². The van der Waals surface area contributed by atoms with Crippen LogP contribution >= 0.6 is 23.4 Å². The van der Waals surface area contributed by atoms with Crippen LogP contribution in [0.2, 0.25) is 5.02 Å². The fourth-order valence-electron chi connectivity index (χ4n) is 1.38. The van der Waals surface area contributed by atoms with Crippen molar-refractivity contribution in [1.29, 1.82) is 0 Å². The number of nitrogens with one attached hydrogen (secondary N) is 1. The standard InChI is InChI=1S/C12H17ClN2OS/c1-8(17-2)6-7-15-12(16)11-9(13)4-3-5-10(11)14/h3-5,8H,6-7,14H2,1-2H3,(H,15,16). The molecule has 0 fully saturated rings. The van der Waals surface area contributed by atoms with Gasteiger partial charge in [-0.3, -0.25) is 4.79 Å². The van der Waals surface area contributed by atoms with E-state index in [4.69, 9.17) is 17.3 Å². The molecule has 5 heteroatoms. The first-order valence-electron chi connectivity index (χ1n) is 5.41. The highest BCUT2D eigenvalue weighted by atomic mass is 35.5. The third-order valence-corrected chi connectivity index (χ3v) is 3.87. The molecule has 0 aromatic heterocycles. The second kappa shape index (κ2) is 6.77. The molecule has 94 valence electrons. The van der Waals surface area contributed by atoms with Crippen LogP contribution in [0.4, 0.5) is 5.69 Å². The highest BCUT2D eigenvalue weighted by molar-refractivity contribution is 7.99. The molecule has 0 aliphatic carbocycles. The van der Waals surface area contributed by atoms with Gasteiger partial charge in [0.15, 0.2) is 0 Å². The van der Waals surface area contributed by atoms with E-state index in [0.717, 1.165) is 6.42 Å². The number of anilines is 1. The van der Waals surface area contributed by atoms with Gasteiger partial charge in [-0.1, -0.05) is 24.6 Å². The molecular weight excluding hydrogens is 256 g/mol. The number of rotatable bonds is 5. The maximum absolute atomic E-state index is 11.9. The van der Waals surface area contributed by atoms with Gasteiger partial charge in [0.05, 0.1) is 10.6 Å². The molecule has 0 saturated heterocycles. The minimum absolute atomic E-state index is 0.207. The lowest BCUT2D eigenvalue weighted by Crippen LogP contribution is -2.27. The summed E-state index contributed by atoms with van der Waals surface area (Å²) in [6.07, 6.45) is 2.98. The van der Waals surface area contributed by atoms with Gasteiger partial charge in [0.25, 0.3) is 5.91 Å². The lowest BCUT2D eigenvalue weighted by molar-refractivity contribution is 0.0954. The van der Waals surface area contributed by atoms with Crippen LogP contribution < -0.4 is 11.1 Å². The minimum Gasteiger partial charge on any atom is -0.398 e. The normalized spacial score (nSPS) is 12.2. The van der Waals surface area contributed by atoms with E-state index in [0.29, 0.717) is 28.1 Å². The lowest BCUT2D eigenvalue weighted by Gasteiger charge is -2.11. The number of hydrogen-bond donors (Lipinski definition) is 2. The van der Waals surface area contributed by atoms with Crippen molar-refractivity contribution in [3.05, 3.63) is 28.8 Å². The Bertz CT molecular complexity index is 378. The van der Waals surface area contributed by atoms with Crippen LogP contribution in [-0.4, -0.2) is 24.0 Å². The molecule has 0 aliphatic rings. The number of carbonyl (C=O) groups is 1. The van der Waals surface area contributed by atoms with Gasteiger partial charge in [-0.25, -0.2) is 0 Å². The van der Waals surface area contributed by atoms with Crippen LogP contribution in [0.1, 0.15) is 23.7 Å². The van der Waals surface area contributed by atoms with Crippen LogP contribution in [0, 0.1) is 0 Å². The third-order valence-electron chi connectivity index (χ3n) is 2.51. The topological polar surface area (TPSA) is 55.1 Å². The monoisotopic (exact) mass is 272 g/mol. The third kappa shape index (κ3) is 4.13. The predicted molar refractivity (Wildman–Crippen MR) is 75.8 cm³/mol. The molecule has 0 radical (unpaired) electrons. The molecule has 3 nitrogen and oxygen atoms in total. The minimum atomic E-state index is -0.207. The van der Waals surface area contributed by atoms with Gasteiger partial charge >= 0.3 is 0 Å². The van der Waals surface area contributed by atoms with Crippen molar-refractivity contribution < 1.29 is 4.79 Å². The first-order chi connectivity index (χ1) is 8.06. The van der Waals surface area contributed by atoms with Gasteiger partial charge in [-0.05, 0) is 24.8 Å². The Morgan fingerprint density at radius 3 is 2.88 bits per heavy atom. The molecular formula is C12H17ClN2OS. The van der Waals surface area contributed by atoms with Crippen molar-refractivity contribution in [3.63, 3.8) is 0 Å². The molecule has 0 saturated carbocycles. The van der Waals surface area contributed by atoms with Gasteiger partial charge in [0.2, 0.25) is 0 Å². The fraction of sp³-hybridized carbons (Fsp3) is 0.417. The van der Waals surface area contributed by atoms with Crippen molar-refractivity contribution >= 4 is 35.0 Å². The van der Waals surface area contributed by atoms with E-state index in [1.807, 2.05) is 0 Å². The van der Waals surface area contributed by atoms with Crippen LogP contribution in [0.3, 0.4) is 0 Å². The molecule has 1 unspecified atom stereocenters. The molecule has 0 aliphatic heterocycles. The second-order valence-electron chi connectivity index (χ2n) is 3.79. The highest BCUT2D eigenvalue weighted by Crippen LogP contribution is 2.21. The lowest BCUT2D eigenvalue weighted by atomic mass is 10.1. The van der Waals surface area contributed by atoms with Crippen LogP contribution in [0.25, 0.3) is 0 Å². The first kappa shape index (κ1) is 14.2. The summed E-state index contributed by atoms with van der Waals surface area (Å²) in [5, 5.41) is 3.75. The predicted octanol–water partition coefficient (Wildman–Crippen LogP) is 2.79. The highest BCUT2D eigenvalue weighted by Gasteiger charge is 2.13. The van der Waals surface area contributed by atoms with Gasteiger partial charge < -0.3 is 11.1 Å². The number of nitrogens with two attached hydrogens (primary N) is 1. The molecule has 1 aromatic rings. The SMILES string of the molecule is CSC(C)CCNC(=O)c1c(N)cccc1Cl. The smallest absolute Gasteiger partial charge is 0.254 e. The van der Waals surface area contributed by atoms with Gasteiger partial charge in [-0.15, -0.1) is 0 Å². The first-order valence-corrected chi connectivity index (χ1v) is 7.07. The summed E-state index contributed by atoms with van der Waals surface area (Å²) in [5.74, 6) is -0.207. The fourth-order valence-corrected chi connectivity index (χ4v) is 2.00. The molecule has 0 heterocycles. The Morgan fingerprint density at radius 2 is 2.29 bits per heavy atom. The van der Waals surface area contributed by atoms with Crippen molar-refractivity contribution in [2.24, 2.45) is 0 Å². The Kier molecular flexibility index (Phi) is 5.65. The van der Waals surface area contributed by atoms with E-state index in [-0.39, 0.29) is 5.91 Å². The Labute approximate surface area is 111 Å². The van der Waals surface area contributed by atoms with Gasteiger partial charge in [0, 0.05) is 17.5 Å². The molecule has 1 rings (SSSR count). The Balaban J connectivity index is 2.59. The number of amides is 1. The molecule has 1 amide bonds. The summed E-state index contributed by atoms with van der Waals surface area (Å²) >= 11 is 7.72. The van der Waals surface area contributed by atoms with E-state index in [9.17, 15) is 4.79 Å². The van der Waals surface area contributed by atoms with E-state index in [1.165, 1.54) is 0 Å². The van der Waals surface area contributed by atoms with Crippen molar-refractivity contribution in [2.75, 3.05) is 18.5 Å². The summed E-state index contributed by atoms with van der Waals surface area (Å²) in [5.41, 5.74) is 6.51. The van der Waals surface area contributed by atoms with Gasteiger partial charge in [-0.2, -0.15) is 11.8 Å². The Morgan fingerprint density at radius 1 is 1.59 bits per heavy atom. The summed E-state index contributed by atoms with van der Waals surface area (Å²) in [4.78, 5) is 11.9. The zero-order valence-corrected chi connectivity index (χ0v) is 11.6. The van der Waals surface area contributed by atoms with E-state index in [1.54, 1.807) is 30.0 Å². The summed E-state index contributed by atoms with van der Waals surface area (Å²) in [6, 6.07) is 5.06. The number of carbonyl (C=O) groups excluding carboxylic acids is 1. The number of thioether (sulfide) groups is 1. The molecule has 1 aromatic carbocycles. The molecule has 3 N–H and O–H groups in total. The van der Waals surface area contributed by atoms with Crippen LogP contribution in [-0.2, 0) is 0 Å². The summed E-state index contributed by atoms with van der Waals surface area (Å²) in [6.45, 7) is 2.76. The number of benzene rings is 1. The molecule has 0 spiro atoms. The van der Waals surface area contributed by atoms with Gasteiger partial charge in [0.1, 0.15) is 0 Å². The van der Waals surface area contributed by atoms with E-state index >= 15 is 0 Å². The second-order valence-corrected chi connectivity index (χ2v) is 5.48.